The zero-order valence-corrected chi connectivity index (χ0v) is 26.2. The maximum Gasteiger partial charge on any atom is 0.416 e. The normalized spacial score (nSPS) is 19.5. The third kappa shape index (κ3) is 8.26. The molecule has 4 rings (SSSR count). The van der Waals surface area contributed by atoms with E-state index in [1.165, 1.54) is 30.3 Å². The fourth-order valence-electron chi connectivity index (χ4n) is 5.85. The number of β-lactam (4-membered cyclic amide) rings is 1. The van der Waals surface area contributed by atoms with Crippen molar-refractivity contribution in [3.63, 3.8) is 0 Å². The number of nitrogens with one attached hydrogen (secondary N) is 1. The summed E-state index contributed by atoms with van der Waals surface area (Å²) in [6, 6.07) is 4.78. The molecule has 2 fully saturated rings. The number of imide groups is 1. The first-order valence-electron chi connectivity index (χ1n) is 15.1. The Morgan fingerprint density at radius 2 is 1.72 bits per heavy atom. The lowest BCUT2D eigenvalue weighted by Crippen LogP contribution is -2.70. The summed E-state index contributed by atoms with van der Waals surface area (Å²) >= 11 is 0. The van der Waals surface area contributed by atoms with Crippen molar-refractivity contribution in [2.45, 2.75) is 89.7 Å². The SMILES string of the molecule is COc1ccc(CN(C(=O)OC(C)(C)C)c2cc(C[C@@H]3C(=O)N(C(=O)NC(C4CCCCC4)C(F)(F)F)[C@@H]3C(=O)O)ccn2)cc1. The van der Waals surface area contributed by atoms with Crippen LogP contribution in [-0.2, 0) is 27.3 Å². The molecule has 1 aliphatic heterocycles. The lowest BCUT2D eigenvalue weighted by molar-refractivity contribution is -0.172. The number of methoxy groups -OCH3 is 1. The Balaban J connectivity index is 1.53. The predicted molar refractivity (Wildman–Crippen MR) is 160 cm³/mol. The van der Waals surface area contributed by atoms with Gasteiger partial charge in [-0.2, -0.15) is 13.2 Å². The van der Waals surface area contributed by atoms with Crippen molar-refractivity contribution in [3.8, 4) is 5.75 Å². The van der Waals surface area contributed by atoms with Crippen molar-refractivity contribution in [2.24, 2.45) is 11.8 Å². The van der Waals surface area contributed by atoms with Gasteiger partial charge in [0.05, 0.1) is 19.6 Å². The molecule has 2 N–H and O–H groups in total. The lowest BCUT2D eigenvalue weighted by atomic mass is 9.82. The predicted octanol–water partition coefficient (Wildman–Crippen LogP) is 5.71. The van der Waals surface area contributed by atoms with Gasteiger partial charge in [0.15, 0.2) is 6.04 Å². The number of carboxylic acid groups (broad SMARTS) is 1. The highest BCUT2D eigenvalue weighted by Gasteiger charge is 2.56. The number of hydrogen-bond acceptors (Lipinski definition) is 7. The second kappa shape index (κ2) is 14.0. The molecule has 250 valence electrons. The van der Waals surface area contributed by atoms with Crippen LogP contribution >= 0.6 is 0 Å². The number of benzene rings is 1. The molecule has 2 aromatic rings. The highest BCUT2D eigenvalue weighted by molar-refractivity contribution is 6.07. The number of likely N-dealkylation sites (tertiary alicyclic amines) is 1. The van der Waals surface area contributed by atoms with Crippen LogP contribution in [0.4, 0.5) is 28.6 Å². The van der Waals surface area contributed by atoms with Gasteiger partial charge < -0.3 is 19.9 Å². The van der Waals surface area contributed by atoms with Crippen molar-refractivity contribution < 1.29 is 46.9 Å². The van der Waals surface area contributed by atoms with E-state index in [2.05, 4.69) is 4.98 Å². The van der Waals surface area contributed by atoms with Crippen LogP contribution in [0.1, 0.15) is 64.0 Å². The molecule has 1 saturated carbocycles. The maximum absolute atomic E-state index is 13.9. The van der Waals surface area contributed by atoms with Crippen LogP contribution in [0.15, 0.2) is 42.6 Å². The van der Waals surface area contributed by atoms with Gasteiger partial charge in [-0.05, 0) is 81.3 Å². The van der Waals surface area contributed by atoms with Crippen LogP contribution in [0.3, 0.4) is 0 Å². The number of carbonyl (C=O) groups is 4. The molecule has 1 aromatic heterocycles. The largest absolute Gasteiger partial charge is 0.497 e. The van der Waals surface area contributed by atoms with Crippen LogP contribution in [0.5, 0.6) is 5.75 Å². The average molecular weight is 649 g/mol. The van der Waals surface area contributed by atoms with Gasteiger partial charge in [0.2, 0.25) is 5.91 Å². The summed E-state index contributed by atoms with van der Waals surface area (Å²) in [5.74, 6) is -3.73. The first-order chi connectivity index (χ1) is 21.6. The first-order valence-corrected chi connectivity index (χ1v) is 15.1. The number of aliphatic carboxylic acids is 1. The number of alkyl halides is 3. The van der Waals surface area contributed by atoms with Gasteiger partial charge >= 0.3 is 24.3 Å². The Morgan fingerprint density at radius 1 is 1.07 bits per heavy atom. The van der Waals surface area contributed by atoms with Crippen LogP contribution in [0.2, 0.25) is 0 Å². The van der Waals surface area contributed by atoms with E-state index in [1.807, 2.05) is 5.32 Å². The molecule has 0 spiro atoms. The Morgan fingerprint density at radius 3 is 2.28 bits per heavy atom. The van der Waals surface area contributed by atoms with Crippen molar-refractivity contribution in [1.29, 1.82) is 0 Å². The van der Waals surface area contributed by atoms with Crippen LogP contribution in [0, 0.1) is 11.8 Å². The summed E-state index contributed by atoms with van der Waals surface area (Å²) in [6.45, 7) is 5.19. The molecule has 0 radical (unpaired) electrons. The number of carbonyl (C=O) groups excluding carboxylic acids is 3. The van der Waals surface area contributed by atoms with E-state index >= 15 is 0 Å². The summed E-state index contributed by atoms with van der Waals surface area (Å²) < 4.78 is 52.5. The number of aromatic nitrogens is 1. The Bertz CT molecular complexity index is 1420. The number of halogens is 3. The van der Waals surface area contributed by atoms with Gasteiger partial charge in [-0.1, -0.05) is 31.4 Å². The molecule has 4 amide bonds. The van der Waals surface area contributed by atoms with E-state index in [0.717, 1.165) is 12.0 Å². The van der Waals surface area contributed by atoms with Gasteiger partial charge in [-0.25, -0.2) is 24.3 Å². The van der Waals surface area contributed by atoms with E-state index < -0.39 is 59.7 Å². The molecule has 1 aliphatic carbocycles. The average Bonchev–Trinajstić information content (AvgIpc) is 2.99. The quantitative estimate of drug-likeness (QED) is 0.330. The minimum atomic E-state index is -4.76. The molecule has 14 heteroatoms. The first kappa shape index (κ1) is 34.5. The fraction of sp³-hybridized carbons (Fsp3) is 0.531. The van der Waals surface area contributed by atoms with E-state index in [-0.39, 0.29) is 31.6 Å². The number of pyridine rings is 1. The molecule has 2 heterocycles. The fourth-order valence-corrected chi connectivity index (χ4v) is 5.85. The highest BCUT2D eigenvalue weighted by Crippen LogP contribution is 2.36. The van der Waals surface area contributed by atoms with E-state index in [4.69, 9.17) is 9.47 Å². The van der Waals surface area contributed by atoms with Crippen LogP contribution < -0.4 is 15.0 Å². The second-order valence-corrected chi connectivity index (χ2v) is 12.6. The number of anilines is 1. The molecule has 46 heavy (non-hydrogen) atoms. The molecular formula is C32H39F3N4O7. The zero-order valence-electron chi connectivity index (χ0n) is 26.2. The number of hydrogen-bond donors (Lipinski definition) is 2. The smallest absolute Gasteiger partial charge is 0.416 e. The summed E-state index contributed by atoms with van der Waals surface area (Å²) in [5, 5.41) is 11.8. The molecule has 1 saturated heterocycles. The molecule has 3 atom stereocenters. The lowest BCUT2D eigenvalue weighted by Gasteiger charge is -2.44. The molecule has 2 aliphatic rings. The number of rotatable bonds is 9. The van der Waals surface area contributed by atoms with E-state index in [1.54, 1.807) is 45.0 Å². The molecular weight excluding hydrogens is 609 g/mol. The Hall–Kier alpha value is -4.36. The molecule has 1 aromatic carbocycles. The molecule has 0 bridgehead atoms. The van der Waals surface area contributed by atoms with Crippen LogP contribution in [0.25, 0.3) is 0 Å². The summed E-state index contributed by atoms with van der Waals surface area (Å²) in [4.78, 5) is 57.4. The highest BCUT2D eigenvalue weighted by atomic mass is 19.4. The zero-order chi connectivity index (χ0) is 33.8. The van der Waals surface area contributed by atoms with Gasteiger partial charge in [0, 0.05) is 6.20 Å². The summed E-state index contributed by atoms with van der Waals surface area (Å²) in [5.41, 5.74) is 0.325. The van der Waals surface area contributed by atoms with Crippen molar-refractivity contribution in [1.82, 2.24) is 15.2 Å². The van der Waals surface area contributed by atoms with Crippen molar-refractivity contribution >= 4 is 29.8 Å². The van der Waals surface area contributed by atoms with Gasteiger partial charge in [-0.3, -0.25) is 9.69 Å². The second-order valence-electron chi connectivity index (χ2n) is 12.6. The Labute approximate surface area is 265 Å². The number of amides is 4. The third-order valence-corrected chi connectivity index (χ3v) is 8.09. The number of urea groups is 1. The topological polar surface area (TPSA) is 138 Å². The van der Waals surface area contributed by atoms with E-state index in [9.17, 15) is 37.5 Å². The van der Waals surface area contributed by atoms with Gasteiger partial charge in [0.25, 0.3) is 0 Å². The number of carboxylic acids is 1. The number of nitrogens with zero attached hydrogens (tertiary/aromatic N) is 3. The summed E-state index contributed by atoms with van der Waals surface area (Å²) in [6.07, 6.45) is -1.71. The van der Waals surface area contributed by atoms with Gasteiger partial charge in [-0.15, -0.1) is 0 Å². The van der Waals surface area contributed by atoms with Crippen molar-refractivity contribution in [3.05, 3.63) is 53.7 Å². The summed E-state index contributed by atoms with van der Waals surface area (Å²) in [7, 11) is 1.53. The van der Waals surface area contributed by atoms with E-state index in [0.29, 0.717) is 29.1 Å². The molecule has 1 unspecified atom stereocenters. The monoisotopic (exact) mass is 648 g/mol. The van der Waals surface area contributed by atoms with Gasteiger partial charge in [0.1, 0.15) is 23.2 Å². The van der Waals surface area contributed by atoms with Crippen molar-refractivity contribution in [2.75, 3.05) is 12.0 Å². The number of ether oxygens (including phenoxy) is 2. The minimum absolute atomic E-state index is 0.0603. The Kier molecular flexibility index (Phi) is 10.5. The maximum atomic E-state index is 13.9. The third-order valence-electron chi connectivity index (χ3n) is 8.09. The minimum Gasteiger partial charge on any atom is -0.497 e. The molecule has 11 nitrogen and oxygen atoms in total. The van der Waals surface area contributed by atoms with Crippen LogP contribution in [-0.4, -0.2) is 70.0 Å². The standard InChI is InChI=1S/C32H39F3N4O7/c1-31(2,3)46-30(44)38(18-19-10-12-22(45-4)13-11-19)24-17-20(14-15-36-24)16-23-25(28(41)42)39(27(23)40)29(43)37-26(32(33,34)35)21-8-6-5-7-9-21/h10-15,17,21,23,25-26H,5-9,16,18H2,1-4H3,(H,37,43)(H,41,42)/t23-,25-,26?/m0/s1.